The number of phenolic OH excluding ortho intramolecular Hbond substituents is 1. The average Bonchev–Trinajstić information content (AvgIpc) is 2.52. The monoisotopic (exact) mass is 284 g/mol. The molecule has 2 aromatic rings. The highest BCUT2D eigenvalue weighted by atomic mass is 16.5. The number of ether oxygens (including phenoxy) is 2. The Labute approximate surface area is 123 Å². The Morgan fingerprint density at radius 2 is 1.76 bits per heavy atom. The van der Waals surface area contributed by atoms with E-state index in [0.717, 1.165) is 5.56 Å². The summed E-state index contributed by atoms with van der Waals surface area (Å²) >= 11 is 0. The molecule has 0 bridgehead atoms. The molecule has 0 atom stereocenters. The van der Waals surface area contributed by atoms with Gasteiger partial charge in [-0.2, -0.15) is 0 Å². The van der Waals surface area contributed by atoms with Gasteiger partial charge in [-0.15, -0.1) is 0 Å². The maximum absolute atomic E-state index is 11.9. The Hall–Kier alpha value is -2.75. The Balaban J connectivity index is 1.90. The summed E-state index contributed by atoms with van der Waals surface area (Å²) in [4.78, 5) is 11.9. The van der Waals surface area contributed by atoms with Crippen molar-refractivity contribution < 1.29 is 19.4 Å². The first kappa shape index (κ1) is 14.7. The number of benzene rings is 2. The lowest BCUT2D eigenvalue weighted by atomic mass is 10.2. The molecule has 0 saturated heterocycles. The summed E-state index contributed by atoms with van der Waals surface area (Å²) in [6.07, 6.45) is 1.65. The fourth-order valence-corrected chi connectivity index (χ4v) is 1.67. The molecule has 0 aliphatic carbocycles. The maximum atomic E-state index is 11.9. The van der Waals surface area contributed by atoms with Crippen LogP contribution in [0.25, 0.3) is 0 Å². The second-order valence-corrected chi connectivity index (χ2v) is 4.37. The van der Waals surface area contributed by atoms with E-state index in [4.69, 9.17) is 9.47 Å². The third-order valence-corrected chi connectivity index (χ3v) is 2.76. The Bertz CT molecular complexity index is 600. The van der Waals surface area contributed by atoms with Gasteiger partial charge in [-0.05, 0) is 42.0 Å². The molecular formula is C17H16O4. The molecule has 0 heterocycles. The molecule has 0 amide bonds. The lowest BCUT2D eigenvalue weighted by Gasteiger charge is -2.06. The first-order valence-electron chi connectivity index (χ1n) is 6.48. The van der Waals surface area contributed by atoms with Gasteiger partial charge in [-0.25, -0.2) is 4.79 Å². The van der Waals surface area contributed by atoms with Crippen molar-refractivity contribution in [2.24, 2.45) is 0 Å². The van der Waals surface area contributed by atoms with Gasteiger partial charge in [0.15, 0.2) is 0 Å². The summed E-state index contributed by atoms with van der Waals surface area (Å²) in [5, 5.41) is 9.17. The van der Waals surface area contributed by atoms with Crippen LogP contribution in [0.2, 0.25) is 0 Å². The number of hydrogen-bond acceptors (Lipinski definition) is 4. The standard InChI is InChI=1S/C17H16O4/c1-2-11-20-16-9-5-14(6-10-16)17(19)21-12-13-3-7-15(18)8-4-13/h2-10,18H,1,11-12H2. The quantitative estimate of drug-likeness (QED) is 0.653. The van der Waals surface area contributed by atoms with Gasteiger partial charge in [0.1, 0.15) is 24.7 Å². The molecule has 0 saturated carbocycles. The van der Waals surface area contributed by atoms with Crippen LogP contribution in [-0.2, 0) is 11.3 Å². The van der Waals surface area contributed by atoms with Crippen molar-refractivity contribution in [1.82, 2.24) is 0 Å². The molecule has 0 radical (unpaired) electrons. The molecule has 0 aromatic heterocycles. The summed E-state index contributed by atoms with van der Waals surface area (Å²) in [6, 6.07) is 13.2. The summed E-state index contributed by atoms with van der Waals surface area (Å²) in [5.74, 6) is 0.448. The van der Waals surface area contributed by atoms with E-state index in [1.54, 1.807) is 54.6 Å². The van der Waals surface area contributed by atoms with Gasteiger partial charge in [0.2, 0.25) is 0 Å². The molecule has 4 heteroatoms. The largest absolute Gasteiger partial charge is 0.508 e. The topological polar surface area (TPSA) is 55.8 Å². The van der Waals surface area contributed by atoms with E-state index in [-0.39, 0.29) is 12.4 Å². The van der Waals surface area contributed by atoms with E-state index in [9.17, 15) is 9.90 Å². The zero-order chi connectivity index (χ0) is 15.1. The molecule has 2 rings (SSSR count). The number of phenols is 1. The number of esters is 1. The number of aromatic hydroxyl groups is 1. The predicted octanol–water partition coefficient (Wildman–Crippen LogP) is 3.31. The molecule has 2 aromatic carbocycles. The van der Waals surface area contributed by atoms with Crippen LogP contribution in [0.5, 0.6) is 11.5 Å². The maximum Gasteiger partial charge on any atom is 0.338 e. The summed E-state index contributed by atoms with van der Waals surface area (Å²) in [6.45, 7) is 4.15. The predicted molar refractivity (Wildman–Crippen MR) is 79.4 cm³/mol. The number of carbonyl (C=O) groups excluding carboxylic acids is 1. The van der Waals surface area contributed by atoms with Crippen molar-refractivity contribution >= 4 is 5.97 Å². The van der Waals surface area contributed by atoms with Gasteiger partial charge in [0, 0.05) is 0 Å². The molecular weight excluding hydrogens is 268 g/mol. The second kappa shape index (κ2) is 7.14. The van der Waals surface area contributed by atoms with Gasteiger partial charge in [-0.1, -0.05) is 24.8 Å². The van der Waals surface area contributed by atoms with Crippen LogP contribution in [0.15, 0.2) is 61.2 Å². The van der Waals surface area contributed by atoms with Crippen molar-refractivity contribution in [3.05, 3.63) is 72.3 Å². The normalized spacial score (nSPS) is 9.90. The van der Waals surface area contributed by atoms with Crippen LogP contribution in [0, 0.1) is 0 Å². The van der Waals surface area contributed by atoms with Crippen molar-refractivity contribution in [2.45, 2.75) is 6.61 Å². The van der Waals surface area contributed by atoms with E-state index < -0.39 is 5.97 Å². The Morgan fingerprint density at radius 1 is 1.10 bits per heavy atom. The first-order valence-corrected chi connectivity index (χ1v) is 6.48. The molecule has 1 N–H and O–H groups in total. The molecule has 108 valence electrons. The van der Waals surface area contributed by atoms with Crippen LogP contribution in [0.4, 0.5) is 0 Å². The number of hydrogen-bond donors (Lipinski definition) is 1. The molecule has 0 unspecified atom stereocenters. The van der Waals surface area contributed by atoms with Gasteiger partial charge in [-0.3, -0.25) is 0 Å². The third-order valence-electron chi connectivity index (χ3n) is 2.76. The van der Waals surface area contributed by atoms with Gasteiger partial charge in [0.05, 0.1) is 5.56 Å². The minimum atomic E-state index is -0.404. The fourth-order valence-electron chi connectivity index (χ4n) is 1.67. The Morgan fingerprint density at radius 3 is 2.38 bits per heavy atom. The summed E-state index contributed by atoms with van der Waals surface area (Å²) in [5.41, 5.74) is 1.27. The summed E-state index contributed by atoms with van der Waals surface area (Å²) in [7, 11) is 0. The zero-order valence-electron chi connectivity index (χ0n) is 11.5. The lowest BCUT2D eigenvalue weighted by molar-refractivity contribution is 0.0472. The molecule has 0 fully saturated rings. The highest BCUT2D eigenvalue weighted by Crippen LogP contribution is 2.14. The van der Waals surface area contributed by atoms with Gasteiger partial charge >= 0.3 is 5.97 Å². The average molecular weight is 284 g/mol. The highest BCUT2D eigenvalue weighted by Gasteiger charge is 2.07. The smallest absolute Gasteiger partial charge is 0.338 e. The van der Waals surface area contributed by atoms with Crippen LogP contribution in [-0.4, -0.2) is 17.7 Å². The van der Waals surface area contributed by atoms with Crippen LogP contribution in [0.3, 0.4) is 0 Å². The van der Waals surface area contributed by atoms with Crippen molar-refractivity contribution in [2.75, 3.05) is 6.61 Å². The first-order chi connectivity index (χ1) is 10.2. The summed E-state index contributed by atoms with van der Waals surface area (Å²) < 4.78 is 10.5. The lowest BCUT2D eigenvalue weighted by Crippen LogP contribution is -2.05. The van der Waals surface area contributed by atoms with E-state index in [2.05, 4.69) is 6.58 Å². The SMILES string of the molecule is C=CCOc1ccc(C(=O)OCc2ccc(O)cc2)cc1. The van der Waals surface area contributed by atoms with Gasteiger partial charge < -0.3 is 14.6 Å². The van der Waals surface area contributed by atoms with Crippen LogP contribution in [0.1, 0.15) is 15.9 Å². The zero-order valence-corrected chi connectivity index (χ0v) is 11.5. The molecule has 0 spiro atoms. The number of carbonyl (C=O) groups is 1. The van der Waals surface area contributed by atoms with Crippen LogP contribution < -0.4 is 4.74 Å². The van der Waals surface area contributed by atoms with Crippen molar-refractivity contribution in [3.8, 4) is 11.5 Å². The van der Waals surface area contributed by atoms with E-state index in [0.29, 0.717) is 17.9 Å². The van der Waals surface area contributed by atoms with Gasteiger partial charge in [0.25, 0.3) is 0 Å². The van der Waals surface area contributed by atoms with E-state index in [1.807, 2.05) is 0 Å². The highest BCUT2D eigenvalue weighted by molar-refractivity contribution is 5.89. The van der Waals surface area contributed by atoms with E-state index in [1.165, 1.54) is 0 Å². The molecule has 21 heavy (non-hydrogen) atoms. The molecule has 0 aliphatic heterocycles. The Kier molecular flexibility index (Phi) is 4.99. The second-order valence-electron chi connectivity index (χ2n) is 4.37. The minimum Gasteiger partial charge on any atom is -0.508 e. The van der Waals surface area contributed by atoms with Crippen molar-refractivity contribution in [3.63, 3.8) is 0 Å². The minimum absolute atomic E-state index is 0.161. The number of rotatable bonds is 6. The third kappa shape index (κ3) is 4.38. The molecule has 0 aliphatic rings. The fraction of sp³-hybridized carbons (Fsp3) is 0.118. The van der Waals surface area contributed by atoms with Crippen molar-refractivity contribution in [1.29, 1.82) is 0 Å². The van der Waals surface area contributed by atoms with Crippen LogP contribution >= 0.6 is 0 Å². The van der Waals surface area contributed by atoms with E-state index >= 15 is 0 Å². The molecule has 4 nitrogen and oxygen atoms in total.